The van der Waals surface area contributed by atoms with Crippen LogP contribution in [0.4, 0.5) is 23.7 Å². The Hall–Kier alpha value is -2.74. The van der Waals surface area contributed by atoms with E-state index >= 15 is 0 Å². The van der Waals surface area contributed by atoms with Crippen molar-refractivity contribution >= 4 is 11.8 Å². The number of carbonyl (C=O) groups excluding carboxylic acids is 1. The predicted molar refractivity (Wildman–Crippen MR) is 126 cm³/mol. The summed E-state index contributed by atoms with van der Waals surface area (Å²) in [6.45, 7) is 7.67. The Morgan fingerprint density at radius 3 is 2.09 bits per heavy atom. The second kappa shape index (κ2) is 10.3. The fraction of sp³-hybridized carbons (Fsp3) is 0.500. The van der Waals surface area contributed by atoms with E-state index in [-0.39, 0.29) is 24.3 Å². The molecule has 0 aromatic heterocycles. The Labute approximate surface area is 199 Å². The molecule has 0 N–H and O–H groups in total. The highest BCUT2D eigenvalue weighted by atomic mass is 19.4. The molecule has 1 amide bonds. The maximum absolute atomic E-state index is 13.0. The number of amides is 1. The molecule has 4 rings (SSSR count). The zero-order valence-corrected chi connectivity index (χ0v) is 19.7. The minimum absolute atomic E-state index is 0.0909. The molecule has 2 atom stereocenters. The highest BCUT2D eigenvalue weighted by Gasteiger charge is 2.36. The molecule has 0 bridgehead atoms. The van der Waals surface area contributed by atoms with E-state index in [1.165, 1.54) is 17.7 Å². The molecule has 2 fully saturated rings. The van der Waals surface area contributed by atoms with Gasteiger partial charge in [0.1, 0.15) is 6.10 Å². The van der Waals surface area contributed by atoms with Gasteiger partial charge in [-0.25, -0.2) is 4.79 Å². The highest BCUT2D eigenvalue weighted by Crippen LogP contribution is 2.31. The number of alkyl halides is 3. The third-order valence-electron chi connectivity index (χ3n) is 6.74. The largest absolute Gasteiger partial charge is 0.446 e. The van der Waals surface area contributed by atoms with E-state index < -0.39 is 11.7 Å². The lowest BCUT2D eigenvalue weighted by molar-refractivity contribution is -0.137. The quantitative estimate of drug-likeness (QED) is 0.593. The molecule has 2 saturated heterocycles. The number of anilines is 1. The normalized spacial score (nSPS) is 22.6. The Kier molecular flexibility index (Phi) is 7.36. The summed E-state index contributed by atoms with van der Waals surface area (Å²) in [5.41, 5.74) is 1.35. The number of piperazine rings is 1. The zero-order chi connectivity index (χ0) is 24.3. The van der Waals surface area contributed by atoms with E-state index in [0.29, 0.717) is 13.1 Å². The monoisotopic (exact) mass is 475 g/mol. The van der Waals surface area contributed by atoms with E-state index in [2.05, 4.69) is 17.0 Å². The van der Waals surface area contributed by atoms with Crippen LogP contribution in [0.5, 0.6) is 0 Å². The summed E-state index contributed by atoms with van der Waals surface area (Å²) in [4.78, 5) is 19.2. The Morgan fingerprint density at radius 1 is 0.941 bits per heavy atom. The van der Waals surface area contributed by atoms with Crippen LogP contribution in [-0.2, 0) is 17.5 Å². The zero-order valence-electron chi connectivity index (χ0n) is 19.7. The first-order valence-corrected chi connectivity index (χ1v) is 11.9. The minimum Gasteiger partial charge on any atom is -0.446 e. The summed E-state index contributed by atoms with van der Waals surface area (Å²) in [5.74, 6) is 0. The molecular weight excluding hydrogens is 443 g/mol. The number of piperidine rings is 1. The van der Waals surface area contributed by atoms with Gasteiger partial charge in [-0.1, -0.05) is 30.3 Å². The van der Waals surface area contributed by atoms with Crippen molar-refractivity contribution in [2.24, 2.45) is 0 Å². The van der Waals surface area contributed by atoms with E-state index in [1.807, 2.05) is 36.9 Å². The number of halogens is 3. The summed E-state index contributed by atoms with van der Waals surface area (Å²) in [6, 6.07) is 15.3. The van der Waals surface area contributed by atoms with Crippen LogP contribution in [0.25, 0.3) is 0 Å². The maximum Gasteiger partial charge on any atom is 0.416 e. The summed E-state index contributed by atoms with van der Waals surface area (Å²) in [7, 11) is 0. The van der Waals surface area contributed by atoms with Gasteiger partial charge in [0, 0.05) is 38.4 Å². The number of nitrogens with zero attached hydrogens (tertiary/aromatic N) is 3. The van der Waals surface area contributed by atoms with Crippen LogP contribution in [0.15, 0.2) is 54.6 Å². The molecule has 2 aliphatic rings. The number of carbonyl (C=O) groups is 1. The van der Waals surface area contributed by atoms with Gasteiger partial charge >= 0.3 is 12.3 Å². The van der Waals surface area contributed by atoms with Gasteiger partial charge in [-0.15, -0.1) is 0 Å². The average Bonchev–Trinajstić information content (AvgIpc) is 2.80. The average molecular weight is 476 g/mol. The van der Waals surface area contributed by atoms with E-state index in [0.717, 1.165) is 50.3 Å². The summed E-state index contributed by atoms with van der Waals surface area (Å²) >= 11 is 0. The third kappa shape index (κ3) is 5.84. The molecule has 5 nitrogen and oxygen atoms in total. The Balaban J connectivity index is 1.28. The molecule has 0 saturated carbocycles. The van der Waals surface area contributed by atoms with Gasteiger partial charge in [0.25, 0.3) is 0 Å². The van der Waals surface area contributed by atoms with E-state index in [1.54, 1.807) is 4.90 Å². The first kappa shape index (κ1) is 24.4. The van der Waals surface area contributed by atoms with Crippen LogP contribution in [-0.4, -0.2) is 60.3 Å². The van der Waals surface area contributed by atoms with Gasteiger partial charge in [0.15, 0.2) is 0 Å². The van der Waals surface area contributed by atoms with Crippen LogP contribution in [0.2, 0.25) is 0 Å². The fourth-order valence-electron chi connectivity index (χ4n) is 4.99. The van der Waals surface area contributed by atoms with E-state index in [9.17, 15) is 18.0 Å². The molecule has 2 heterocycles. The molecule has 184 valence electrons. The van der Waals surface area contributed by atoms with Crippen molar-refractivity contribution in [1.82, 2.24) is 9.80 Å². The molecule has 0 aliphatic carbocycles. The van der Waals surface area contributed by atoms with Crippen LogP contribution in [0, 0.1) is 0 Å². The van der Waals surface area contributed by atoms with Gasteiger partial charge in [0.05, 0.1) is 17.6 Å². The fourth-order valence-corrected chi connectivity index (χ4v) is 4.99. The van der Waals surface area contributed by atoms with Crippen molar-refractivity contribution in [1.29, 1.82) is 0 Å². The van der Waals surface area contributed by atoms with E-state index in [4.69, 9.17) is 4.74 Å². The molecule has 0 spiro atoms. The predicted octanol–water partition coefficient (Wildman–Crippen LogP) is 5.41. The Morgan fingerprint density at radius 2 is 1.53 bits per heavy atom. The number of hydrogen-bond acceptors (Lipinski definition) is 4. The number of hydrogen-bond donors (Lipinski definition) is 0. The van der Waals surface area contributed by atoms with Crippen LogP contribution in [0.3, 0.4) is 0 Å². The molecule has 0 unspecified atom stereocenters. The lowest BCUT2D eigenvalue weighted by Gasteiger charge is -2.45. The number of likely N-dealkylation sites (tertiary alicyclic amines) is 1. The topological polar surface area (TPSA) is 36.0 Å². The second-order valence-corrected chi connectivity index (χ2v) is 9.40. The molecule has 2 aromatic carbocycles. The highest BCUT2D eigenvalue weighted by molar-refractivity contribution is 5.69. The summed E-state index contributed by atoms with van der Waals surface area (Å²) < 4.78 is 44.5. The van der Waals surface area contributed by atoms with Crippen molar-refractivity contribution in [3.8, 4) is 0 Å². The van der Waals surface area contributed by atoms with Gasteiger partial charge in [-0.2, -0.15) is 13.2 Å². The Bertz CT molecular complexity index is 932. The summed E-state index contributed by atoms with van der Waals surface area (Å²) in [5, 5.41) is 0. The number of ether oxygens (including phenoxy) is 1. The molecule has 0 radical (unpaired) electrons. The smallest absolute Gasteiger partial charge is 0.416 e. The van der Waals surface area contributed by atoms with Crippen molar-refractivity contribution in [2.75, 3.05) is 31.1 Å². The molecule has 8 heteroatoms. The standard InChI is InChI=1S/C26H32F3N3O2/c1-19-16-31(23-10-8-22(9-11-23)26(27,28)29)17-20(2)32(19)25(33)34-24-12-14-30(15-13-24)18-21-6-4-3-5-7-21/h3-11,19-20,24H,12-18H2,1-2H3/t19-,20+. The van der Waals surface area contributed by atoms with Crippen LogP contribution >= 0.6 is 0 Å². The lowest BCUT2D eigenvalue weighted by atomic mass is 10.1. The molecular formula is C26H32F3N3O2. The minimum atomic E-state index is -4.35. The molecule has 2 aliphatic heterocycles. The summed E-state index contributed by atoms with van der Waals surface area (Å²) in [6.07, 6.45) is -3.11. The second-order valence-electron chi connectivity index (χ2n) is 9.40. The number of benzene rings is 2. The first-order valence-electron chi connectivity index (χ1n) is 11.9. The van der Waals surface area contributed by atoms with Gasteiger partial charge in [0.2, 0.25) is 0 Å². The van der Waals surface area contributed by atoms with Crippen molar-refractivity contribution < 1.29 is 22.7 Å². The van der Waals surface area contributed by atoms with Crippen molar-refractivity contribution in [2.45, 2.75) is 57.6 Å². The SMILES string of the molecule is C[C@@H]1CN(c2ccc(C(F)(F)F)cc2)C[C@H](C)N1C(=O)OC1CCN(Cc2ccccc2)CC1. The van der Waals surface area contributed by atoms with Gasteiger partial charge in [-0.05, 0) is 56.5 Å². The molecule has 34 heavy (non-hydrogen) atoms. The maximum atomic E-state index is 13.0. The number of rotatable bonds is 4. The van der Waals surface area contributed by atoms with Crippen molar-refractivity contribution in [3.63, 3.8) is 0 Å². The van der Waals surface area contributed by atoms with Gasteiger partial charge < -0.3 is 9.64 Å². The van der Waals surface area contributed by atoms with Crippen LogP contribution in [0.1, 0.15) is 37.8 Å². The molecule has 2 aromatic rings. The van der Waals surface area contributed by atoms with Gasteiger partial charge in [-0.3, -0.25) is 9.80 Å². The lowest BCUT2D eigenvalue weighted by Crippen LogP contribution is -2.59. The van der Waals surface area contributed by atoms with Crippen molar-refractivity contribution in [3.05, 3.63) is 65.7 Å². The first-order chi connectivity index (χ1) is 16.2. The van der Waals surface area contributed by atoms with Crippen LogP contribution < -0.4 is 4.90 Å². The third-order valence-corrected chi connectivity index (χ3v) is 6.74.